The number of anilines is 1. The van der Waals surface area contributed by atoms with E-state index in [0.717, 1.165) is 54.6 Å². The Morgan fingerprint density at radius 2 is 1.86 bits per heavy atom. The molecule has 1 fully saturated rings. The highest BCUT2D eigenvalue weighted by Gasteiger charge is 2.26. The van der Waals surface area contributed by atoms with Crippen molar-refractivity contribution in [1.29, 1.82) is 0 Å². The molecule has 154 valence electrons. The number of nitrogens with zero attached hydrogens (tertiary/aromatic N) is 3. The minimum Gasteiger partial charge on any atom is -0.326 e. The van der Waals surface area contributed by atoms with Gasteiger partial charge >= 0.3 is 0 Å². The fourth-order valence-electron chi connectivity index (χ4n) is 4.59. The summed E-state index contributed by atoms with van der Waals surface area (Å²) in [6.07, 6.45) is 10.3. The lowest BCUT2D eigenvalue weighted by atomic mass is 9.91. The Morgan fingerprint density at radius 1 is 1.10 bits per heavy atom. The van der Waals surface area contributed by atoms with Gasteiger partial charge in [0.1, 0.15) is 0 Å². The van der Waals surface area contributed by atoms with Gasteiger partial charge in [0.2, 0.25) is 5.91 Å². The topological polar surface area (TPSA) is 50.2 Å². The van der Waals surface area contributed by atoms with E-state index in [2.05, 4.69) is 33.5 Å². The van der Waals surface area contributed by atoms with Crippen molar-refractivity contribution in [2.75, 3.05) is 25.0 Å². The molecular weight excluding hydrogens is 360 g/mol. The minimum absolute atomic E-state index is 0.119. The highest BCUT2D eigenvalue weighted by molar-refractivity contribution is 5.92. The van der Waals surface area contributed by atoms with Crippen molar-refractivity contribution >= 4 is 11.6 Å². The third kappa shape index (κ3) is 4.96. The standard InChI is InChI=1S/C24H32N4O/c1-18-16-19(2)28(26-18)23-10-8-22(9-11-23)25-24(29)21-12-14-27(15-13-21)17-20-6-4-3-5-7-20/h3-4,8-11,16,20-21H,5-7,12-15,17H2,1-2H3,(H,25,29)/t20-/m1/s1. The SMILES string of the molecule is Cc1cc(C)n(-c2ccc(NC(=O)C3CCN(C[C@@H]4CC=CCC4)CC3)cc2)n1. The number of carbonyl (C=O) groups is 1. The van der Waals surface area contributed by atoms with Crippen LogP contribution in [-0.4, -0.2) is 40.2 Å². The molecule has 0 radical (unpaired) electrons. The Kier molecular flexibility index (Phi) is 6.14. The molecule has 4 rings (SSSR count). The van der Waals surface area contributed by atoms with Gasteiger partial charge in [-0.15, -0.1) is 0 Å². The maximum Gasteiger partial charge on any atom is 0.227 e. The van der Waals surface area contributed by atoms with Crippen molar-refractivity contribution in [3.8, 4) is 5.69 Å². The summed E-state index contributed by atoms with van der Waals surface area (Å²) in [4.78, 5) is 15.3. The molecule has 1 saturated heterocycles. The molecule has 29 heavy (non-hydrogen) atoms. The van der Waals surface area contributed by atoms with Crippen LogP contribution in [0.25, 0.3) is 5.69 Å². The monoisotopic (exact) mass is 392 g/mol. The average molecular weight is 393 g/mol. The molecule has 2 aromatic rings. The highest BCUT2D eigenvalue weighted by atomic mass is 16.1. The number of rotatable bonds is 5. The molecule has 0 saturated carbocycles. The Morgan fingerprint density at radius 3 is 2.48 bits per heavy atom. The van der Waals surface area contributed by atoms with Crippen LogP contribution in [0.2, 0.25) is 0 Å². The number of benzene rings is 1. The summed E-state index contributed by atoms with van der Waals surface area (Å²) in [5.41, 5.74) is 3.98. The predicted molar refractivity (Wildman–Crippen MR) is 117 cm³/mol. The number of aryl methyl sites for hydroxylation is 2. The van der Waals surface area contributed by atoms with Gasteiger partial charge in [0.05, 0.1) is 11.4 Å². The van der Waals surface area contributed by atoms with Gasteiger partial charge in [-0.05, 0) is 95.3 Å². The molecule has 0 bridgehead atoms. The summed E-state index contributed by atoms with van der Waals surface area (Å²) in [6.45, 7) is 7.30. The molecule has 5 heteroatoms. The number of nitrogens with one attached hydrogen (secondary N) is 1. The van der Waals surface area contributed by atoms with E-state index in [1.54, 1.807) is 0 Å². The molecule has 2 aliphatic rings. The molecule has 1 aromatic heterocycles. The third-order valence-corrected chi connectivity index (χ3v) is 6.24. The van der Waals surface area contributed by atoms with E-state index < -0.39 is 0 Å². The molecular formula is C24H32N4O. The number of piperidine rings is 1. The van der Waals surface area contributed by atoms with Gasteiger partial charge in [0.25, 0.3) is 0 Å². The fourth-order valence-corrected chi connectivity index (χ4v) is 4.59. The summed E-state index contributed by atoms with van der Waals surface area (Å²) >= 11 is 0. The number of allylic oxidation sites excluding steroid dienone is 2. The Labute approximate surface area is 173 Å². The zero-order valence-corrected chi connectivity index (χ0v) is 17.6. The van der Waals surface area contributed by atoms with Gasteiger partial charge in [0, 0.05) is 23.8 Å². The van der Waals surface area contributed by atoms with Crippen molar-refractivity contribution < 1.29 is 4.79 Å². The predicted octanol–water partition coefficient (Wildman–Crippen LogP) is 4.50. The van der Waals surface area contributed by atoms with E-state index in [1.807, 2.05) is 42.8 Å². The summed E-state index contributed by atoms with van der Waals surface area (Å²) in [5, 5.41) is 7.62. The van der Waals surface area contributed by atoms with Crippen LogP contribution in [0.3, 0.4) is 0 Å². The van der Waals surface area contributed by atoms with Gasteiger partial charge in [-0.3, -0.25) is 4.79 Å². The number of carbonyl (C=O) groups excluding carboxylic acids is 1. The smallest absolute Gasteiger partial charge is 0.227 e. The summed E-state index contributed by atoms with van der Waals surface area (Å²) in [6, 6.07) is 10.0. The summed E-state index contributed by atoms with van der Waals surface area (Å²) < 4.78 is 1.93. The first-order chi connectivity index (χ1) is 14.1. The largest absolute Gasteiger partial charge is 0.326 e. The quantitative estimate of drug-likeness (QED) is 0.763. The number of hydrogen-bond donors (Lipinski definition) is 1. The maximum atomic E-state index is 12.7. The molecule has 2 heterocycles. The zero-order chi connectivity index (χ0) is 20.2. The van der Waals surface area contributed by atoms with E-state index in [0.29, 0.717) is 0 Å². The number of aromatic nitrogens is 2. The third-order valence-electron chi connectivity index (χ3n) is 6.24. The van der Waals surface area contributed by atoms with Crippen molar-refractivity contribution in [2.24, 2.45) is 11.8 Å². The first kappa shape index (κ1) is 19.9. The second-order valence-corrected chi connectivity index (χ2v) is 8.60. The molecule has 1 aliphatic heterocycles. The molecule has 0 unspecified atom stereocenters. The maximum absolute atomic E-state index is 12.7. The second kappa shape index (κ2) is 8.95. The lowest BCUT2D eigenvalue weighted by Crippen LogP contribution is -2.40. The van der Waals surface area contributed by atoms with Crippen LogP contribution < -0.4 is 5.32 Å². The first-order valence-electron chi connectivity index (χ1n) is 10.9. The molecule has 0 spiro atoms. The Balaban J connectivity index is 1.27. The van der Waals surface area contributed by atoms with Gasteiger partial charge in [-0.25, -0.2) is 4.68 Å². The van der Waals surface area contributed by atoms with Crippen LogP contribution in [0.4, 0.5) is 5.69 Å². The molecule has 5 nitrogen and oxygen atoms in total. The van der Waals surface area contributed by atoms with Crippen molar-refractivity contribution in [3.63, 3.8) is 0 Å². The lowest BCUT2D eigenvalue weighted by Gasteiger charge is -2.34. The normalized spacial score (nSPS) is 20.7. The fraction of sp³-hybridized carbons (Fsp3) is 0.500. The zero-order valence-electron chi connectivity index (χ0n) is 17.6. The van der Waals surface area contributed by atoms with Crippen molar-refractivity contribution in [3.05, 3.63) is 53.9 Å². The van der Waals surface area contributed by atoms with Crippen LogP contribution in [0.1, 0.15) is 43.5 Å². The Hall–Kier alpha value is -2.40. The first-order valence-corrected chi connectivity index (χ1v) is 10.9. The van der Waals surface area contributed by atoms with Crippen LogP contribution >= 0.6 is 0 Å². The van der Waals surface area contributed by atoms with Crippen LogP contribution in [0, 0.1) is 25.7 Å². The summed E-state index contributed by atoms with van der Waals surface area (Å²) in [7, 11) is 0. The molecule has 1 amide bonds. The second-order valence-electron chi connectivity index (χ2n) is 8.60. The number of amides is 1. The average Bonchev–Trinajstić information content (AvgIpc) is 3.08. The molecule has 1 aliphatic carbocycles. The molecule has 1 aromatic carbocycles. The van der Waals surface area contributed by atoms with E-state index in [-0.39, 0.29) is 11.8 Å². The van der Waals surface area contributed by atoms with Gasteiger partial charge < -0.3 is 10.2 Å². The van der Waals surface area contributed by atoms with Gasteiger partial charge in [-0.1, -0.05) is 12.2 Å². The lowest BCUT2D eigenvalue weighted by molar-refractivity contribution is -0.121. The van der Waals surface area contributed by atoms with E-state index in [4.69, 9.17) is 0 Å². The number of hydrogen-bond acceptors (Lipinski definition) is 3. The number of likely N-dealkylation sites (tertiary alicyclic amines) is 1. The van der Waals surface area contributed by atoms with E-state index in [1.165, 1.54) is 25.8 Å². The minimum atomic E-state index is 0.119. The van der Waals surface area contributed by atoms with Crippen molar-refractivity contribution in [1.82, 2.24) is 14.7 Å². The van der Waals surface area contributed by atoms with Crippen LogP contribution in [0.15, 0.2) is 42.5 Å². The van der Waals surface area contributed by atoms with Crippen molar-refractivity contribution in [2.45, 2.75) is 46.0 Å². The van der Waals surface area contributed by atoms with E-state index in [9.17, 15) is 4.79 Å². The molecule has 1 atom stereocenters. The highest BCUT2D eigenvalue weighted by Crippen LogP contribution is 2.24. The van der Waals surface area contributed by atoms with Gasteiger partial charge in [0.15, 0.2) is 0 Å². The molecule has 1 N–H and O–H groups in total. The Bertz CT molecular complexity index is 860. The van der Waals surface area contributed by atoms with Gasteiger partial charge in [-0.2, -0.15) is 5.10 Å². The van der Waals surface area contributed by atoms with Crippen LogP contribution in [-0.2, 0) is 4.79 Å². The van der Waals surface area contributed by atoms with E-state index >= 15 is 0 Å². The summed E-state index contributed by atoms with van der Waals surface area (Å²) in [5.74, 6) is 1.07. The van der Waals surface area contributed by atoms with Crippen LogP contribution in [0.5, 0.6) is 0 Å².